The maximum atomic E-state index is 11.0. The fraction of sp³-hybridized carbons (Fsp3) is 0.529. The number of piperidine rings is 1. The molecule has 3 nitrogen and oxygen atoms in total. The van der Waals surface area contributed by atoms with E-state index in [1.807, 2.05) is 6.92 Å². The Morgan fingerprint density at radius 2 is 2.10 bits per heavy atom. The molecule has 20 heavy (non-hydrogen) atoms. The third-order valence-corrected chi connectivity index (χ3v) is 5.53. The van der Waals surface area contributed by atoms with E-state index in [0.29, 0.717) is 5.92 Å². The van der Waals surface area contributed by atoms with E-state index in [1.54, 1.807) is 0 Å². The van der Waals surface area contributed by atoms with Crippen LogP contribution in [0.5, 0.6) is 0 Å². The van der Waals surface area contributed by atoms with Crippen molar-refractivity contribution < 1.29 is 5.11 Å². The lowest BCUT2D eigenvalue weighted by molar-refractivity contribution is -0.110. The quantitative estimate of drug-likeness (QED) is 0.772. The molecular weight excluding hydrogens is 248 g/mol. The Balaban J connectivity index is 1.92. The molecule has 0 amide bonds. The fourth-order valence-corrected chi connectivity index (χ4v) is 4.11. The highest BCUT2D eigenvalue weighted by atomic mass is 16.3. The van der Waals surface area contributed by atoms with Crippen molar-refractivity contribution in [3.05, 3.63) is 35.5 Å². The molecule has 0 aliphatic carbocycles. The summed E-state index contributed by atoms with van der Waals surface area (Å²) in [5.41, 5.74) is 3.20. The minimum atomic E-state index is -0.658. The van der Waals surface area contributed by atoms with E-state index in [9.17, 15) is 5.11 Å². The Morgan fingerprint density at radius 1 is 1.30 bits per heavy atom. The average Bonchev–Trinajstić information content (AvgIpc) is 2.81. The van der Waals surface area contributed by atoms with E-state index < -0.39 is 5.60 Å². The number of nitrogens with one attached hydrogen (secondary N) is 1. The van der Waals surface area contributed by atoms with Crippen molar-refractivity contribution in [3.8, 4) is 0 Å². The zero-order chi connectivity index (χ0) is 13.9. The number of benzene rings is 1. The maximum absolute atomic E-state index is 11.0. The topological polar surface area (TPSA) is 39.3 Å². The summed E-state index contributed by atoms with van der Waals surface area (Å²) in [4.78, 5) is 6.05. The molecule has 1 unspecified atom stereocenters. The highest BCUT2D eigenvalue weighted by molar-refractivity contribution is 5.85. The van der Waals surface area contributed by atoms with Crippen LogP contribution in [0.1, 0.15) is 37.6 Å². The summed E-state index contributed by atoms with van der Waals surface area (Å²) in [7, 11) is 0. The lowest BCUT2D eigenvalue weighted by atomic mass is 9.74. The number of rotatable bonds is 0. The van der Waals surface area contributed by atoms with Crippen molar-refractivity contribution in [3.63, 3.8) is 0 Å². The van der Waals surface area contributed by atoms with E-state index in [0.717, 1.165) is 25.9 Å². The second-order valence-electron chi connectivity index (χ2n) is 6.67. The van der Waals surface area contributed by atoms with Gasteiger partial charge in [0.05, 0.1) is 11.6 Å². The molecule has 3 heteroatoms. The lowest BCUT2D eigenvalue weighted by Gasteiger charge is -2.50. The second-order valence-corrected chi connectivity index (χ2v) is 6.67. The van der Waals surface area contributed by atoms with Crippen LogP contribution in [0.2, 0.25) is 0 Å². The summed E-state index contributed by atoms with van der Waals surface area (Å²) in [5.74, 6) is 0.334. The van der Waals surface area contributed by atoms with Crippen LogP contribution in [0.3, 0.4) is 0 Å². The van der Waals surface area contributed by atoms with Gasteiger partial charge in [-0.3, -0.25) is 4.90 Å². The fourth-order valence-electron chi connectivity index (χ4n) is 4.11. The van der Waals surface area contributed by atoms with E-state index >= 15 is 0 Å². The number of H-pyrrole nitrogens is 1. The zero-order valence-corrected chi connectivity index (χ0v) is 12.2. The number of nitrogens with zero attached hydrogens (tertiary/aromatic N) is 1. The van der Waals surface area contributed by atoms with Gasteiger partial charge in [-0.15, -0.1) is 0 Å². The molecule has 2 aliphatic rings. The molecule has 0 saturated carbocycles. The number of aromatic nitrogens is 1. The Labute approximate surface area is 119 Å². The summed E-state index contributed by atoms with van der Waals surface area (Å²) in [6, 6.07) is 8.62. The Morgan fingerprint density at radius 3 is 2.95 bits per heavy atom. The van der Waals surface area contributed by atoms with E-state index in [1.165, 1.54) is 22.2 Å². The standard InChI is InChI=1S/C17H22N2O/c1-11-7-9-19-10-8-13-12-5-3-4-6-14(12)18-15(13)16(19)17(11,2)20/h3-6,11,16,18,20H,7-10H2,1-2H3/t11?,16-,17+/m0/s1. The molecule has 0 spiro atoms. The smallest absolute Gasteiger partial charge is 0.0856 e. The molecule has 3 heterocycles. The minimum absolute atomic E-state index is 0.113. The van der Waals surface area contributed by atoms with Crippen LogP contribution in [-0.2, 0) is 6.42 Å². The van der Waals surface area contributed by atoms with E-state index in [2.05, 4.69) is 41.1 Å². The molecule has 2 N–H and O–H groups in total. The first-order valence-electron chi connectivity index (χ1n) is 7.65. The number of para-hydroxylation sites is 1. The molecule has 1 aromatic heterocycles. The number of aliphatic hydroxyl groups is 1. The number of aromatic amines is 1. The highest BCUT2D eigenvalue weighted by Gasteiger charge is 2.48. The minimum Gasteiger partial charge on any atom is -0.388 e. The van der Waals surface area contributed by atoms with Crippen molar-refractivity contribution in [2.24, 2.45) is 5.92 Å². The van der Waals surface area contributed by atoms with Gasteiger partial charge in [0, 0.05) is 23.1 Å². The molecule has 2 aliphatic heterocycles. The van der Waals surface area contributed by atoms with Gasteiger partial charge in [0.2, 0.25) is 0 Å². The third-order valence-electron chi connectivity index (χ3n) is 5.53. The van der Waals surface area contributed by atoms with Gasteiger partial charge in [0.25, 0.3) is 0 Å². The van der Waals surface area contributed by atoms with Gasteiger partial charge in [-0.2, -0.15) is 0 Å². The molecule has 1 aromatic carbocycles. The largest absolute Gasteiger partial charge is 0.388 e. The lowest BCUT2D eigenvalue weighted by Crippen LogP contribution is -2.55. The first kappa shape index (κ1) is 12.4. The van der Waals surface area contributed by atoms with Crippen LogP contribution in [0, 0.1) is 5.92 Å². The number of fused-ring (bicyclic) bond motifs is 5. The summed E-state index contributed by atoms with van der Waals surface area (Å²) < 4.78 is 0. The van der Waals surface area contributed by atoms with Crippen LogP contribution in [0.4, 0.5) is 0 Å². The third kappa shape index (κ3) is 1.54. The summed E-state index contributed by atoms with van der Waals surface area (Å²) in [6.07, 6.45) is 2.17. The predicted octanol–water partition coefficient (Wildman–Crippen LogP) is 2.86. The molecule has 106 valence electrons. The van der Waals surface area contributed by atoms with Crippen LogP contribution >= 0.6 is 0 Å². The van der Waals surface area contributed by atoms with Crippen molar-refractivity contribution in [2.45, 2.75) is 38.3 Å². The van der Waals surface area contributed by atoms with Crippen molar-refractivity contribution >= 4 is 10.9 Å². The molecule has 1 fully saturated rings. The number of hydrogen-bond acceptors (Lipinski definition) is 2. The van der Waals surface area contributed by atoms with Crippen LogP contribution < -0.4 is 0 Å². The Kier molecular flexibility index (Phi) is 2.54. The van der Waals surface area contributed by atoms with Gasteiger partial charge >= 0.3 is 0 Å². The molecule has 3 atom stereocenters. The monoisotopic (exact) mass is 270 g/mol. The van der Waals surface area contributed by atoms with Crippen molar-refractivity contribution in [1.82, 2.24) is 9.88 Å². The van der Waals surface area contributed by atoms with Crippen LogP contribution in [0.15, 0.2) is 24.3 Å². The molecule has 1 saturated heterocycles. The predicted molar refractivity (Wildman–Crippen MR) is 80.7 cm³/mol. The first-order chi connectivity index (χ1) is 9.59. The van der Waals surface area contributed by atoms with Gasteiger partial charge < -0.3 is 10.1 Å². The molecule has 2 aromatic rings. The Hall–Kier alpha value is -1.32. The second kappa shape index (κ2) is 4.09. The zero-order valence-electron chi connectivity index (χ0n) is 12.2. The molecule has 0 radical (unpaired) electrons. The summed E-state index contributed by atoms with van der Waals surface area (Å²) in [6.45, 7) is 6.34. The van der Waals surface area contributed by atoms with Gasteiger partial charge in [-0.05, 0) is 43.9 Å². The Bertz CT molecular complexity index is 658. The van der Waals surface area contributed by atoms with Gasteiger partial charge in [0.15, 0.2) is 0 Å². The average molecular weight is 270 g/mol. The van der Waals surface area contributed by atoms with E-state index in [4.69, 9.17) is 0 Å². The number of hydrogen-bond donors (Lipinski definition) is 2. The summed E-state index contributed by atoms with van der Waals surface area (Å²) >= 11 is 0. The summed E-state index contributed by atoms with van der Waals surface area (Å²) in [5, 5.41) is 12.4. The first-order valence-corrected chi connectivity index (χ1v) is 7.65. The SMILES string of the molecule is CC1CCN2CCc3c([nH]c4ccccc34)[C@H]2[C@]1(C)O. The van der Waals surface area contributed by atoms with Crippen molar-refractivity contribution in [1.29, 1.82) is 0 Å². The maximum Gasteiger partial charge on any atom is 0.0856 e. The van der Waals surface area contributed by atoms with Gasteiger partial charge in [0.1, 0.15) is 0 Å². The molecule has 0 bridgehead atoms. The highest BCUT2D eigenvalue weighted by Crippen LogP contribution is 2.46. The van der Waals surface area contributed by atoms with Gasteiger partial charge in [-0.25, -0.2) is 0 Å². The van der Waals surface area contributed by atoms with Crippen LogP contribution in [-0.4, -0.2) is 33.7 Å². The van der Waals surface area contributed by atoms with Crippen LogP contribution in [0.25, 0.3) is 10.9 Å². The van der Waals surface area contributed by atoms with Gasteiger partial charge in [-0.1, -0.05) is 25.1 Å². The molecular formula is C17H22N2O. The normalized spacial score (nSPS) is 34.0. The van der Waals surface area contributed by atoms with Crippen molar-refractivity contribution in [2.75, 3.05) is 13.1 Å². The van der Waals surface area contributed by atoms with E-state index in [-0.39, 0.29) is 6.04 Å². The molecule has 4 rings (SSSR count).